The Hall–Kier alpha value is -1.28. The zero-order valence-electron chi connectivity index (χ0n) is 12.4. The topological polar surface area (TPSA) is 43.4 Å². The Balaban J connectivity index is 2.29. The SMILES string of the molecule is CC1(C)OB(c2cc(F)cnc2NCC(F)F)OC1(C)C. The molecule has 8 heteroatoms. The van der Waals surface area contributed by atoms with Crippen LogP contribution in [0.5, 0.6) is 0 Å². The van der Waals surface area contributed by atoms with Crippen LogP contribution in [-0.2, 0) is 9.31 Å². The van der Waals surface area contributed by atoms with E-state index in [2.05, 4.69) is 10.3 Å². The minimum Gasteiger partial charge on any atom is -0.399 e. The van der Waals surface area contributed by atoms with Gasteiger partial charge in [0.25, 0.3) is 6.43 Å². The molecule has 1 aromatic heterocycles. The Labute approximate surface area is 122 Å². The molecule has 0 aromatic carbocycles. The maximum Gasteiger partial charge on any atom is 0.498 e. The second kappa shape index (κ2) is 5.49. The number of nitrogens with zero attached hydrogens (tertiary/aromatic N) is 1. The zero-order valence-corrected chi connectivity index (χ0v) is 12.4. The number of hydrogen-bond donors (Lipinski definition) is 1. The van der Waals surface area contributed by atoms with Crippen LogP contribution in [0.3, 0.4) is 0 Å². The summed E-state index contributed by atoms with van der Waals surface area (Å²) in [5.41, 5.74) is -0.942. The van der Waals surface area contributed by atoms with Gasteiger partial charge in [-0.1, -0.05) is 0 Å². The predicted molar refractivity (Wildman–Crippen MR) is 74.4 cm³/mol. The number of nitrogens with one attached hydrogen (secondary N) is 1. The van der Waals surface area contributed by atoms with Crippen LogP contribution in [0.2, 0.25) is 0 Å². The normalized spacial score (nSPS) is 20.1. The molecule has 0 unspecified atom stereocenters. The van der Waals surface area contributed by atoms with Crippen molar-refractivity contribution in [3.63, 3.8) is 0 Å². The summed E-state index contributed by atoms with van der Waals surface area (Å²) in [6.07, 6.45) is -1.58. The first kappa shape index (κ1) is 16.1. The van der Waals surface area contributed by atoms with Crippen LogP contribution in [0.15, 0.2) is 12.3 Å². The first-order valence-corrected chi connectivity index (χ1v) is 6.65. The molecule has 1 saturated heterocycles. The first-order chi connectivity index (χ1) is 9.62. The van der Waals surface area contributed by atoms with Crippen LogP contribution < -0.4 is 10.8 Å². The molecule has 1 fully saturated rings. The van der Waals surface area contributed by atoms with Crippen LogP contribution in [0.25, 0.3) is 0 Å². The van der Waals surface area contributed by atoms with Gasteiger partial charge in [0, 0.05) is 5.46 Å². The quantitative estimate of drug-likeness (QED) is 0.866. The van der Waals surface area contributed by atoms with Gasteiger partial charge >= 0.3 is 7.12 Å². The Morgan fingerprint density at radius 3 is 2.33 bits per heavy atom. The smallest absolute Gasteiger partial charge is 0.399 e. The summed E-state index contributed by atoms with van der Waals surface area (Å²) in [6.45, 7) is 6.83. The number of rotatable bonds is 4. The number of alkyl halides is 2. The summed E-state index contributed by atoms with van der Waals surface area (Å²) in [6, 6.07) is 1.18. The van der Waals surface area contributed by atoms with E-state index in [-0.39, 0.29) is 11.3 Å². The van der Waals surface area contributed by atoms with Crippen molar-refractivity contribution in [3.05, 3.63) is 18.1 Å². The van der Waals surface area contributed by atoms with Gasteiger partial charge in [0.15, 0.2) is 0 Å². The highest BCUT2D eigenvalue weighted by Gasteiger charge is 2.52. The summed E-state index contributed by atoms with van der Waals surface area (Å²) in [4.78, 5) is 3.81. The third kappa shape index (κ3) is 3.32. The van der Waals surface area contributed by atoms with Gasteiger partial charge in [-0.3, -0.25) is 0 Å². The van der Waals surface area contributed by atoms with Crippen molar-refractivity contribution in [3.8, 4) is 0 Å². The third-order valence-electron chi connectivity index (χ3n) is 3.81. The Kier molecular flexibility index (Phi) is 4.21. The molecular weight excluding hydrogens is 284 g/mol. The molecule has 0 atom stereocenters. The fourth-order valence-corrected chi connectivity index (χ4v) is 1.93. The van der Waals surface area contributed by atoms with Gasteiger partial charge in [-0.05, 0) is 33.8 Å². The van der Waals surface area contributed by atoms with Crippen LogP contribution in [0.4, 0.5) is 19.0 Å². The molecule has 4 nitrogen and oxygen atoms in total. The minimum atomic E-state index is -2.54. The van der Waals surface area contributed by atoms with E-state index in [1.807, 2.05) is 27.7 Å². The van der Waals surface area contributed by atoms with Crippen molar-refractivity contribution >= 4 is 18.4 Å². The molecule has 2 rings (SSSR count). The molecule has 21 heavy (non-hydrogen) atoms. The standard InChI is InChI=1S/C13H18BF3N2O2/c1-12(2)13(3,4)21-14(20-12)9-5-8(15)6-18-11(9)19-7-10(16)17/h5-6,10H,7H2,1-4H3,(H,18,19). The summed E-state index contributed by atoms with van der Waals surface area (Å²) < 4.78 is 49.7. The number of anilines is 1. The molecule has 2 heterocycles. The third-order valence-corrected chi connectivity index (χ3v) is 3.81. The first-order valence-electron chi connectivity index (χ1n) is 6.65. The van der Waals surface area contributed by atoms with Crippen LogP contribution in [0, 0.1) is 5.82 Å². The monoisotopic (exact) mass is 302 g/mol. The lowest BCUT2D eigenvalue weighted by atomic mass is 9.79. The summed E-state index contributed by atoms with van der Waals surface area (Å²) in [5, 5.41) is 2.48. The zero-order chi connectivity index (χ0) is 15.8. The molecule has 116 valence electrons. The van der Waals surface area contributed by atoms with Gasteiger partial charge < -0.3 is 14.6 Å². The highest BCUT2D eigenvalue weighted by atomic mass is 19.3. The summed E-state index contributed by atoms with van der Waals surface area (Å²) >= 11 is 0. The summed E-state index contributed by atoms with van der Waals surface area (Å²) in [7, 11) is -0.863. The number of hydrogen-bond acceptors (Lipinski definition) is 4. The van der Waals surface area contributed by atoms with Crippen molar-refractivity contribution in [2.24, 2.45) is 0 Å². The van der Waals surface area contributed by atoms with E-state index >= 15 is 0 Å². The van der Waals surface area contributed by atoms with Gasteiger partial charge in [0.05, 0.1) is 23.9 Å². The van der Waals surface area contributed by atoms with Gasteiger partial charge in [0.2, 0.25) is 0 Å². The number of pyridine rings is 1. The minimum absolute atomic E-state index is 0.134. The molecule has 0 radical (unpaired) electrons. The molecular formula is C13H18BF3N2O2. The molecule has 1 aliphatic heterocycles. The van der Waals surface area contributed by atoms with Crippen molar-refractivity contribution in [2.75, 3.05) is 11.9 Å². The number of halogens is 3. The van der Waals surface area contributed by atoms with Gasteiger partial charge in [-0.25, -0.2) is 18.2 Å². The lowest BCUT2D eigenvalue weighted by Gasteiger charge is -2.32. The van der Waals surface area contributed by atoms with Crippen molar-refractivity contribution < 1.29 is 22.5 Å². The van der Waals surface area contributed by atoms with E-state index in [9.17, 15) is 13.2 Å². The Bertz CT molecular complexity index is 510. The second-order valence-electron chi connectivity index (χ2n) is 5.95. The Morgan fingerprint density at radius 1 is 1.24 bits per heavy atom. The molecule has 1 N–H and O–H groups in total. The van der Waals surface area contributed by atoms with E-state index in [4.69, 9.17) is 9.31 Å². The van der Waals surface area contributed by atoms with Crippen molar-refractivity contribution in [2.45, 2.75) is 45.3 Å². The van der Waals surface area contributed by atoms with E-state index in [0.717, 1.165) is 6.20 Å². The maximum atomic E-state index is 13.4. The lowest BCUT2D eigenvalue weighted by Crippen LogP contribution is -2.41. The van der Waals surface area contributed by atoms with E-state index in [0.29, 0.717) is 0 Å². The molecule has 0 aliphatic carbocycles. The van der Waals surface area contributed by atoms with Gasteiger partial charge in [0.1, 0.15) is 11.6 Å². The van der Waals surface area contributed by atoms with Crippen LogP contribution >= 0.6 is 0 Å². The van der Waals surface area contributed by atoms with Crippen LogP contribution in [-0.4, -0.2) is 36.3 Å². The molecule has 1 aliphatic rings. The molecule has 0 spiro atoms. The summed E-state index contributed by atoms with van der Waals surface area (Å²) in [5.74, 6) is -0.447. The van der Waals surface area contributed by atoms with E-state index in [1.165, 1.54) is 6.07 Å². The van der Waals surface area contributed by atoms with E-state index < -0.39 is 37.1 Å². The van der Waals surface area contributed by atoms with Crippen molar-refractivity contribution in [1.29, 1.82) is 0 Å². The largest absolute Gasteiger partial charge is 0.498 e. The fraction of sp³-hybridized carbons (Fsp3) is 0.615. The predicted octanol–water partition coefficient (Wildman–Crippen LogP) is 2.20. The average molecular weight is 302 g/mol. The Morgan fingerprint density at radius 2 is 1.81 bits per heavy atom. The molecule has 0 amide bonds. The van der Waals surface area contributed by atoms with Gasteiger partial charge in [-0.15, -0.1) is 0 Å². The fourth-order valence-electron chi connectivity index (χ4n) is 1.93. The highest BCUT2D eigenvalue weighted by Crippen LogP contribution is 2.36. The molecule has 0 bridgehead atoms. The average Bonchev–Trinajstić information content (AvgIpc) is 2.56. The molecule has 0 saturated carbocycles. The second-order valence-corrected chi connectivity index (χ2v) is 5.95. The maximum absolute atomic E-state index is 13.4. The number of aromatic nitrogens is 1. The van der Waals surface area contributed by atoms with E-state index in [1.54, 1.807) is 0 Å². The molecule has 1 aromatic rings. The van der Waals surface area contributed by atoms with Gasteiger partial charge in [-0.2, -0.15) is 0 Å². The lowest BCUT2D eigenvalue weighted by molar-refractivity contribution is 0.00578. The highest BCUT2D eigenvalue weighted by molar-refractivity contribution is 6.63. The van der Waals surface area contributed by atoms with Crippen LogP contribution in [0.1, 0.15) is 27.7 Å². The van der Waals surface area contributed by atoms with Crippen molar-refractivity contribution in [1.82, 2.24) is 4.98 Å².